The minimum absolute atomic E-state index is 0.0629. The summed E-state index contributed by atoms with van der Waals surface area (Å²) in [7, 11) is 1.83. The minimum Gasteiger partial charge on any atom is -0.387 e. The van der Waals surface area contributed by atoms with Crippen molar-refractivity contribution in [2.75, 3.05) is 13.6 Å². The van der Waals surface area contributed by atoms with Crippen LogP contribution in [0.3, 0.4) is 0 Å². The zero-order valence-electron chi connectivity index (χ0n) is 9.09. The third kappa shape index (κ3) is 3.05. The van der Waals surface area contributed by atoms with Crippen molar-refractivity contribution in [3.63, 3.8) is 0 Å². The molecule has 0 amide bonds. The van der Waals surface area contributed by atoms with Gasteiger partial charge in [0.2, 0.25) is 0 Å². The van der Waals surface area contributed by atoms with Gasteiger partial charge in [0.05, 0.1) is 18.7 Å². The molecular weight excluding hydrogens is 188 g/mol. The summed E-state index contributed by atoms with van der Waals surface area (Å²) in [6.45, 7) is 2.24. The highest BCUT2D eigenvalue weighted by atomic mass is 16.3. The number of aliphatic hydroxyl groups excluding tert-OH is 1. The smallest absolute Gasteiger partial charge is 0.0942 e. The number of nitriles is 1. The first kappa shape index (κ1) is 11.7. The van der Waals surface area contributed by atoms with Crippen molar-refractivity contribution in [3.05, 3.63) is 35.9 Å². The van der Waals surface area contributed by atoms with Crippen molar-refractivity contribution < 1.29 is 5.11 Å². The molecule has 0 spiro atoms. The van der Waals surface area contributed by atoms with Gasteiger partial charge in [0.25, 0.3) is 0 Å². The van der Waals surface area contributed by atoms with Gasteiger partial charge in [-0.05, 0) is 19.5 Å². The third-order valence-electron chi connectivity index (χ3n) is 2.61. The molecule has 1 aromatic carbocycles. The van der Waals surface area contributed by atoms with Crippen LogP contribution in [0.1, 0.15) is 18.6 Å². The fraction of sp³-hybridized carbons (Fsp3) is 0.417. The highest BCUT2D eigenvalue weighted by Crippen LogP contribution is 2.19. The Morgan fingerprint density at radius 2 is 2.00 bits per heavy atom. The van der Waals surface area contributed by atoms with Gasteiger partial charge in [0.1, 0.15) is 0 Å². The Morgan fingerprint density at radius 1 is 1.40 bits per heavy atom. The monoisotopic (exact) mass is 204 g/mol. The van der Waals surface area contributed by atoms with Gasteiger partial charge in [-0.1, -0.05) is 30.3 Å². The number of hydrogen-bond donors (Lipinski definition) is 1. The van der Waals surface area contributed by atoms with Crippen molar-refractivity contribution in [1.82, 2.24) is 4.90 Å². The van der Waals surface area contributed by atoms with Gasteiger partial charge >= 0.3 is 0 Å². The molecule has 1 aromatic rings. The molecule has 3 heteroatoms. The molecule has 0 fully saturated rings. The van der Waals surface area contributed by atoms with Crippen LogP contribution < -0.4 is 0 Å². The predicted octanol–water partition coefficient (Wildman–Crippen LogP) is 1.56. The molecule has 80 valence electrons. The highest BCUT2D eigenvalue weighted by Gasteiger charge is 2.19. The quantitative estimate of drug-likeness (QED) is 0.757. The predicted molar refractivity (Wildman–Crippen MR) is 59.1 cm³/mol. The summed E-state index contributed by atoms with van der Waals surface area (Å²) in [4.78, 5) is 1.83. The lowest BCUT2D eigenvalue weighted by atomic mass is 10.0. The van der Waals surface area contributed by atoms with Crippen LogP contribution in [-0.2, 0) is 0 Å². The van der Waals surface area contributed by atoms with Crippen LogP contribution in [0.2, 0.25) is 0 Å². The molecular formula is C12H16N2O. The number of likely N-dealkylation sites (N-methyl/N-ethyl adjacent to an activating group) is 1. The zero-order valence-corrected chi connectivity index (χ0v) is 9.09. The van der Waals surface area contributed by atoms with E-state index in [-0.39, 0.29) is 6.04 Å². The van der Waals surface area contributed by atoms with Gasteiger partial charge in [0, 0.05) is 6.04 Å². The van der Waals surface area contributed by atoms with E-state index in [1.165, 1.54) is 0 Å². The molecule has 3 nitrogen and oxygen atoms in total. The highest BCUT2D eigenvalue weighted by molar-refractivity contribution is 5.18. The largest absolute Gasteiger partial charge is 0.387 e. The Hall–Kier alpha value is -1.37. The second-order valence-electron chi connectivity index (χ2n) is 3.67. The maximum Gasteiger partial charge on any atom is 0.0942 e. The standard InChI is InChI=1S/C12H16N2O/c1-10(14(2)9-8-13)12(15)11-6-4-3-5-7-11/h3-7,10,12,15H,9H2,1-2H3/t10-,12-/m0/s1. The van der Waals surface area contributed by atoms with Crippen molar-refractivity contribution in [1.29, 1.82) is 5.26 Å². The molecule has 0 radical (unpaired) electrons. The zero-order chi connectivity index (χ0) is 11.3. The summed E-state index contributed by atoms with van der Waals surface area (Å²) in [5.74, 6) is 0. The van der Waals surface area contributed by atoms with Crippen LogP contribution in [0.5, 0.6) is 0 Å². The lowest BCUT2D eigenvalue weighted by molar-refractivity contribution is 0.0794. The summed E-state index contributed by atoms with van der Waals surface area (Å²) < 4.78 is 0. The molecule has 0 unspecified atom stereocenters. The molecule has 0 aliphatic carbocycles. The number of aliphatic hydroxyl groups is 1. The van der Waals surface area contributed by atoms with Crippen LogP contribution in [0, 0.1) is 11.3 Å². The number of hydrogen-bond acceptors (Lipinski definition) is 3. The average molecular weight is 204 g/mol. The molecule has 1 rings (SSSR count). The SMILES string of the molecule is C[C@@H]([C@H](O)c1ccccc1)N(C)CC#N. The average Bonchev–Trinajstić information content (AvgIpc) is 2.28. The van der Waals surface area contributed by atoms with E-state index < -0.39 is 6.10 Å². The van der Waals surface area contributed by atoms with Crippen molar-refractivity contribution in [3.8, 4) is 6.07 Å². The van der Waals surface area contributed by atoms with Gasteiger partial charge in [-0.3, -0.25) is 4.90 Å². The second kappa shape index (κ2) is 5.50. The number of rotatable bonds is 4. The Kier molecular flexibility index (Phi) is 4.29. The molecule has 0 heterocycles. The molecule has 0 bridgehead atoms. The molecule has 0 aromatic heterocycles. The van der Waals surface area contributed by atoms with Gasteiger partial charge in [0.15, 0.2) is 0 Å². The van der Waals surface area contributed by atoms with Gasteiger partial charge in [-0.2, -0.15) is 5.26 Å². The summed E-state index contributed by atoms with van der Waals surface area (Å²) in [5.41, 5.74) is 0.884. The molecule has 0 saturated carbocycles. The molecule has 2 atom stereocenters. The minimum atomic E-state index is -0.551. The van der Waals surface area contributed by atoms with Gasteiger partial charge in [-0.25, -0.2) is 0 Å². The first-order valence-electron chi connectivity index (χ1n) is 4.97. The fourth-order valence-electron chi connectivity index (χ4n) is 1.43. The number of nitrogens with zero attached hydrogens (tertiary/aromatic N) is 2. The van der Waals surface area contributed by atoms with Crippen molar-refractivity contribution in [2.24, 2.45) is 0 Å². The van der Waals surface area contributed by atoms with E-state index >= 15 is 0 Å². The Balaban J connectivity index is 2.69. The molecule has 15 heavy (non-hydrogen) atoms. The van der Waals surface area contributed by atoms with Gasteiger partial charge < -0.3 is 5.11 Å². The van der Waals surface area contributed by atoms with E-state index in [1.54, 1.807) is 0 Å². The van der Waals surface area contributed by atoms with E-state index in [0.29, 0.717) is 6.54 Å². The second-order valence-corrected chi connectivity index (χ2v) is 3.67. The topological polar surface area (TPSA) is 47.3 Å². The lowest BCUT2D eigenvalue weighted by Gasteiger charge is -2.26. The Labute approximate surface area is 90.6 Å². The van der Waals surface area contributed by atoms with Crippen LogP contribution in [0.25, 0.3) is 0 Å². The van der Waals surface area contributed by atoms with E-state index in [4.69, 9.17) is 5.26 Å². The number of benzene rings is 1. The third-order valence-corrected chi connectivity index (χ3v) is 2.61. The molecule has 1 N–H and O–H groups in total. The van der Waals surface area contributed by atoms with E-state index in [2.05, 4.69) is 6.07 Å². The van der Waals surface area contributed by atoms with Crippen LogP contribution in [0.15, 0.2) is 30.3 Å². The van der Waals surface area contributed by atoms with Crippen LogP contribution in [-0.4, -0.2) is 29.6 Å². The summed E-state index contributed by atoms with van der Waals surface area (Å²) in [5, 5.41) is 18.6. The Bertz CT molecular complexity index is 331. The fourth-order valence-corrected chi connectivity index (χ4v) is 1.43. The summed E-state index contributed by atoms with van der Waals surface area (Å²) >= 11 is 0. The first-order chi connectivity index (χ1) is 7.16. The molecule has 0 aliphatic rings. The molecule has 0 saturated heterocycles. The maximum atomic E-state index is 10.0. The van der Waals surface area contributed by atoms with Crippen LogP contribution in [0.4, 0.5) is 0 Å². The van der Waals surface area contributed by atoms with E-state index in [9.17, 15) is 5.11 Å². The van der Waals surface area contributed by atoms with Gasteiger partial charge in [-0.15, -0.1) is 0 Å². The Morgan fingerprint density at radius 3 is 2.53 bits per heavy atom. The normalized spacial score (nSPS) is 14.6. The maximum absolute atomic E-state index is 10.0. The summed E-state index contributed by atoms with van der Waals surface area (Å²) in [6, 6.07) is 11.5. The van der Waals surface area contributed by atoms with Crippen molar-refractivity contribution in [2.45, 2.75) is 19.1 Å². The van der Waals surface area contributed by atoms with Crippen LogP contribution >= 0.6 is 0 Å². The van der Waals surface area contributed by atoms with Crippen molar-refractivity contribution >= 4 is 0 Å². The molecule has 0 aliphatic heterocycles. The lowest BCUT2D eigenvalue weighted by Crippen LogP contribution is -2.34. The summed E-state index contributed by atoms with van der Waals surface area (Å²) in [6.07, 6.45) is -0.551. The van der Waals surface area contributed by atoms with E-state index in [0.717, 1.165) is 5.56 Å². The first-order valence-corrected chi connectivity index (χ1v) is 4.97. The van der Waals surface area contributed by atoms with E-state index in [1.807, 2.05) is 49.2 Å².